The van der Waals surface area contributed by atoms with Crippen molar-refractivity contribution in [3.05, 3.63) is 117 Å². The summed E-state index contributed by atoms with van der Waals surface area (Å²) < 4.78 is 20.0. The molecule has 0 radical (unpaired) electrons. The molecule has 7 nitrogen and oxygen atoms in total. The van der Waals surface area contributed by atoms with Crippen LogP contribution in [-0.2, 0) is 6.61 Å². The van der Waals surface area contributed by atoms with Crippen molar-refractivity contribution in [2.75, 3.05) is 0 Å². The van der Waals surface area contributed by atoms with Crippen molar-refractivity contribution >= 4 is 50.0 Å². The van der Waals surface area contributed by atoms with E-state index in [1.807, 2.05) is 36.4 Å². The van der Waals surface area contributed by atoms with Crippen LogP contribution in [0.4, 0.5) is 10.1 Å². The number of fused-ring (bicyclic) bond motifs is 2. The lowest BCUT2D eigenvalue weighted by Crippen LogP contribution is -2.16. The number of hydrogen-bond donors (Lipinski definition) is 1. The fourth-order valence-corrected chi connectivity index (χ4v) is 4.68. The number of halogens is 1. The zero-order valence-electron chi connectivity index (χ0n) is 18.7. The van der Waals surface area contributed by atoms with Gasteiger partial charge in [0, 0.05) is 27.8 Å². The fraction of sp³-hybridized carbons (Fsp3) is 0.0370. The first-order valence-corrected chi connectivity index (χ1v) is 11.7. The summed E-state index contributed by atoms with van der Waals surface area (Å²) in [5.74, 6) is -0.181. The van der Waals surface area contributed by atoms with Gasteiger partial charge in [-0.3, -0.25) is 14.9 Å². The van der Waals surface area contributed by atoms with E-state index in [2.05, 4.69) is 10.5 Å². The molecule has 0 aliphatic rings. The van der Waals surface area contributed by atoms with Gasteiger partial charge in [-0.05, 0) is 46.7 Å². The second-order valence-corrected chi connectivity index (χ2v) is 8.99. The van der Waals surface area contributed by atoms with E-state index in [1.54, 1.807) is 24.3 Å². The van der Waals surface area contributed by atoms with E-state index in [-0.39, 0.29) is 18.1 Å². The summed E-state index contributed by atoms with van der Waals surface area (Å²) in [6.07, 6.45) is 1.53. The van der Waals surface area contributed by atoms with Crippen molar-refractivity contribution < 1.29 is 18.8 Å². The normalized spacial score (nSPS) is 11.2. The highest BCUT2D eigenvalue weighted by Crippen LogP contribution is 2.29. The molecule has 0 spiro atoms. The topological polar surface area (TPSA) is 93.8 Å². The number of nitro groups is 1. The number of thiophene rings is 1. The van der Waals surface area contributed by atoms with E-state index in [0.29, 0.717) is 21.6 Å². The Morgan fingerprint density at radius 1 is 1.03 bits per heavy atom. The lowest BCUT2D eigenvalue weighted by Gasteiger charge is -2.12. The van der Waals surface area contributed by atoms with Gasteiger partial charge in [0.2, 0.25) is 0 Å². The van der Waals surface area contributed by atoms with E-state index in [4.69, 9.17) is 4.74 Å². The molecule has 1 heterocycles. The van der Waals surface area contributed by atoms with Gasteiger partial charge in [0.05, 0.1) is 16.0 Å². The van der Waals surface area contributed by atoms with Crippen LogP contribution in [0.15, 0.2) is 90.0 Å². The molecule has 0 saturated heterocycles. The minimum Gasteiger partial charge on any atom is -0.488 e. The zero-order chi connectivity index (χ0) is 25.1. The average molecular weight is 500 g/mol. The van der Waals surface area contributed by atoms with Crippen molar-refractivity contribution in [1.29, 1.82) is 0 Å². The number of nitro benzene ring substituents is 1. The molecule has 5 aromatic rings. The molecule has 1 amide bonds. The third-order valence-electron chi connectivity index (χ3n) is 5.53. The van der Waals surface area contributed by atoms with E-state index in [9.17, 15) is 19.3 Å². The Labute approximate surface area is 208 Å². The van der Waals surface area contributed by atoms with Gasteiger partial charge in [0.25, 0.3) is 11.6 Å². The predicted octanol–water partition coefficient (Wildman–Crippen LogP) is 6.44. The highest BCUT2D eigenvalue weighted by molar-refractivity contribution is 7.20. The Kier molecular flexibility index (Phi) is 6.38. The molecule has 1 aromatic heterocycles. The molecule has 0 fully saturated rings. The van der Waals surface area contributed by atoms with E-state index < -0.39 is 10.8 Å². The SMILES string of the molecule is O=C(N/N=C\c1c(OCc2ccc(F)cc2)ccc2ccccc12)c1cc2cc([N+](=O)[O-])ccc2s1. The largest absolute Gasteiger partial charge is 0.488 e. The summed E-state index contributed by atoms with van der Waals surface area (Å²) in [4.78, 5) is 23.6. The highest BCUT2D eigenvalue weighted by Gasteiger charge is 2.13. The smallest absolute Gasteiger partial charge is 0.281 e. The van der Waals surface area contributed by atoms with Crippen LogP contribution in [0.5, 0.6) is 5.75 Å². The number of carbonyl (C=O) groups is 1. The minimum atomic E-state index is -0.471. The number of benzene rings is 4. The van der Waals surface area contributed by atoms with Gasteiger partial charge < -0.3 is 4.74 Å². The quantitative estimate of drug-likeness (QED) is 0.158. The summed E-state index contributed by atoms with van der Waals surface area (Å²) in [5, 5.41) is 17.7. The summed E-state index contributed by atoms with van der Waals surface area (Å²) in [6, 6.07) is 23.6. The zero-order valence-corrected chi connectivity index (χ0v) is 19.5. The molecule has 0 saturated carbocycles. The van der Waals surface area contributed by atoms with E-state index >= 15 is 0 Å². The summed E-state index contributed by atoms with van der Waals surface area (Å²) in [7, 11) is 0. The fourth-order valence-electron chi connectivity index (χ4n) is 3.74. The van der Waals surface area contributed by atoms with Crippen LogP contribution >= 0.6 is 11.3 Å². The van der Waals surface area contributed by atoms with Gasteiger partial charge in [-0.15, -0.1) is 11.3 Å². The van der Waals surface area contributed by atoms with Crippen LogP contribution in [0.1, 0.15) is 20.8 Å². The molecule has 0 aliphatic heterocycles. The molecule has 36 heavy (non-hydrogen) atoms. The average Bonchev–Trinajstić information content (AvgIpc) is 3.32. The molecule has 0 bridgehead atoms. The van der Waals surface area contributed by atoms with Gasteiger partial charge in [0.15, 0.2) is 0 Å². The van der Waals surface area contributed by atoms with Crippen molar-refractivity contribution in [3.63, 3.8) is 0 Å². The standard InChI is InChI=1S/C27H18FN3O4S/c28-20-8-5-17(6-9-20)16-35-24-11-7-18-3-1-2-4-22(18)23(24)15-29-30-27(32)26-14-19-13-21(31(33)34)10-12-25(19)36-26/h1-15H,16H2,(H,30,32)/b29-15-. The maximum atomic E-state index is 13.2. The van der Waals surface area contributed by atoms with Crippen molar-refractivity contribution in [2.45, 2.75) is 6.61 Å². The Balaban J connectivity index is 1.38. The minimum absolute atomic E-state index is 0.0330. The lowest BCUT2D eigenvalue weighted by molar-refractivity contribution is -0.384. The molecule has 0 unspecified atom stereocenters. The second-order valence-electron chi connectivity index (χ2n) is 7.90. The third kappa shape index (κ3) is 4.91. The molecular formula is C27H18FN3O4S. The predicted molar refractivity (Wildman–Crippen MR) is 138 cm³/mol. The third-order valence-corrected chi connectivity index (χ3v) is 6.65. The first-order valence-electron chi connectivity index (χ1n) is 10.9. The molecule has 0 aliphatic carbocycles. The van der Waals surface area contributed by atoms with Crippen LogP contribution in [-0.4, -0.2) is 17.0 Å². The molecule has 5 rings (SSSR count). The first-order chi connectivity index (χ1) is 17.5. The van der Waals surface area contributed by atoms with E-state index in [1.165, 1.54) is 41.8 Å². The van der Waals surface area contributed by atoms with Crippen molar-refractivity contribution in [3.8, 4) is 5.75 Å². The number of non-ortho nitro benzene ring substituents is 1. The lowest BCUT2D eigenvalue weighted by atomic mass is 10.0. The number of ether oxygens (including phenoxy) is 1. The van der Waals surface area contributed by atoms with Crippen molar-refractivity contribution in [2.24, 2.45) is 5.10 Å². The molecule has 4 aromatic carbocycles. The van der Waals surface area contributed by atoms with Crippen LogP contribution in [0.25, 0.3) is 20.9 Å². The van der Waals surface area contributed by atoms with Gasteiger partial charge in [0.1, 0.15) is 18.2 Å². The number of rotatable bonds is 7. The number of carbonyl (C=O) groups excluding carboxylic acids is 1. The van der Waals surface area contributed by atoms with Crippen LogP contribution < -0.4 is 10.2 Å². The van der Waals surface area contributed by atoms with Gasteiger partial charge >= 0.3 is 0 Å². The Morgan fingerprint density at radius 3 is 2.64 bits per heavy atom. The second kappa shape index (κ2) is 9.93. The number of amides is 1. The number of hydrazone groups is 1. The number of nitrogens with zero attached hydrogens (tertiary/aromatic N) is 2. The summed E-state index contributed by atoms with van der Waals surface area (Å²) in [6.45, 7) is 0.236. The van der Waals surface area contributed by atoms with Crippen LogP contribution in [0.2, 0.25) is 0 Å². The Morgan fingerprint density at radius 2 is 1.83 bits per heavy atom. The number of hydrogen-bond acceptors (Lipinski definition) is 6. The first kappa shape index (κ1) is 23.1. The van der Waals surface area contributed by atoms with Crippen LogP contribution in [0.3, 0.4) is 0 Å². The monoisotopic (exact) mass is 499 g/mol. The maximum absolute atomic E-state index is 13.2. The van der Waals surface area contributed by atoms with Crippen LogP contribution in [0, 0.1) is 15.9 Å². The van der Waals surface area contributed by atoms with E-state index in [0.717, 1.165) is 21.0 Å². The molecular weight excluding hydrogens is 481 g/mol. The van der Waals surface area contributed by atoms with Gasteiger partial charge in [-0.2, -0.15) is 5.10 Å². The Bertz CT molecular complexity index is 1630. The van der Waals surface area contributed by atoms with Crippen molar-refractivity contribution in [1.82, 2.24) is 5.43 Å². The molecule has 9 heteroatoms. The molecule has 1 N–H and O–H groups in total. The summed E-state index contributed by atoms with van der Waals surface area (Å²) in [5.41, 5.74) is 3.99. The summed E-state index contributed by atoms with van der Waals surface area (Å²) >= 11 is 1.22. The number of nitrogens with one attached hydrogen (secondary N) is 1. The van der Waals surface area contributed by atoms with Gasteiger partial charge in [-0.25, -0.2) is 9.82 Å². The Hall–Kier alpha value is -4.63. The van der Waals surface area contributed by atoms with Gasteiger partial charge in [-0.1, -0.05) is 42.5 Å². The molecule has 178 valence electrons. The highest BCUT2D eigenvalue weighted by atomic mass is 32.1. The molecule has 0 atom stereocenters. The maximum Gasteiger partial charge on any atom is 0.281 e.